The second-order valence-electron chi connectivity index (χ2n) is 7.61. The first-order chi connectivity index (χ1) is 13.2. The second-order valence-corrected chi connectivity index (χ2v) is 7.61. The minimum atomic E-state index is 0.591. The van der Waals surface area contributed by atoms with E-state index in [-0.39, 0.29) is 0 Å². The first kappa shape index (κ1) is 19.8. The van der Waals surface area contributed by atoms with Gasteiger partial charge in [-0.25, -0.2) is 0 Å². The Bertz CT molecular complexity index is 616. The molecule has 6 nitrogen and oxygen atoms in total. The van der Waals surface area contributed by atoms with Crippen molar-refractivity contribution in [3.05, 3.63) is 24.3 Å². The molecule has 0 amide bonds. The lowest BCUT2D eigenvalue weighted by atomic mass is 10.1. The van der Waals surface area contributed by atoms with Gasteiger partial charge < -0.3 is 24.6 Å². The van der Waals surface area contributed by atoms with Gasteiger partial charge in [0.2, 0.25) is 0 Å². The summed E-state index contributed by atoms with van der Waals surface area (Å²) in [4.78, 5) is 9.64. The normalized spacial score (nSPS) is 22.9. The molecule has 1 aromatic rings. The second kappa shape index (κ2) is 9.83. The number of hydrogen-bond acceptors (Lipinski definition) is 4. The molecule has 1 N–H and O–H groups in total. The summed E-state index contributed by atoms with van der Waals surface area (Å²) >= 11 is 0. The smallest absolute Gasteiger partial charge is 0.193 e. The molecule has 6 heteroatoms. The van der Waals surface area contributed by atoms with Crippen molar-refractivity contribution in [2.45, 2.75) is 19.8 Å². The molecular formula is C21H34N4O2. The van der Waals surface area contributed by atoms with Gasteiger partial charge in [-0.3, -0.25) is 4.99 Å². The lowest BCUT2D eigenvalue weighted by Crippen LogP contribution is -2.41. The highest BCUT2D eigenvalue weighted by atomic mass is 16.5. The Morgan fingerprint density at radius 1 is 1.37 bits per heavy atom. The third-order valence-electron chi connectivity index (χ3n) is 5.46. The minimum Gasteiger partial charge on any atom is -0.497 e. The highest BCUT2D eigenvalue weighted by Gasteiger charge is 2.24. The summed E-state index contributed by atoms with van der Waals surface area (Å²) < 4.78 is 10.9. The van der Waals surface area contributed by atoms with Crippen molar-refractivity contribution >= 4 is 11.6 Å². The summed E-state index contributed by atoms with van der Waals surface area (Å²) in [6.45, 7) is 8.81. The van der Waals surface area contributed by atoms with Crippen molar-refractivity contribution in [2.24, 2.45) is 16.8 Å². The molecular weight excluding hydrogens is 340 g/mol. The average Bonchev–Trinajstić information content (AvgIpc) is 3.37. The summed E-state index contributed by atoms with van der Waals surface area (Å²) in [5.41, 5.74) is 1.24. The molecule has 2 heterocycles. The lowest BCUT2D eigenvalue weighted by Gasteiger charge is -2.25. The Labute approximate surface area is 163 Å². The van der Waals surface area contributed by atoms with Crippen LogP contribution in [0, 0.1) is 11.8 Å². The monoisotopic (exact) mass is 374 g/mol. The summed E-state index contributed by atoms with van der Waals surface area (Å²) in [6, 6.07) is 8.34. The van der Waals surface area contributed by atoms with E-state index in [0.717, 1.165) is 64.1 Å². The Hall–Kier alpha value is -1.95. The van der Waals surface area contributed by atoms with Crippen LogP contribution in [-0.2, 0) is 4.74 Å². The third kappa shape index (κ3) is 5.51. The number of anilines is 1. The van der Waals surface area contributed by atoms with Crippen LogP contribution in [0.4, 0.5) is 5.69 Å². The molecule has 150 valence electrons. The Balaban J connectivity index is 1.54. The number of benzene rings is 1. The third-order valence-corrected chi connectivity index (χ3v) is 5.46. The van der Waals surface area contributed by atoms with E-state index in [4.69, 9.17) is 14.5 Å². The van der Waals surface area contributed by atoms with E-state index in [2.05, 4.69) is 47.3 Å². The van der Waals surface area contributed by atoms with Crippen molar-refractivity contribution in [2.75, 3.05) is 65.0 Å². The molecule has 0 aromatic heterocycles. The molecule has 0 saturated carbocycles. The fraction of sp³-hybridized carbons (Fsp3) is 0.667. The molecule has 2 aliphatic rings. The zero-order valence-electron chi connectivity index (χ0n) is 17.0. The number of aliphatic imine (C=N–C) groups is 1. The molecule has 2 unspecified atom stereocenters. The predicted molar refractivity (Wildman–Crippen MR) is 111 cm³/mol. The maximum absolute atomic E-state index is 5.51. The van der Waals surface area contributed by atoms with Crippen LogP contribution in [0.1, 0.15) is 19.8 Å². The van der Waals surface area contributed by atoms with E-state index >= 15 is 0 Å². The van der Waals surface area contributed by atoms with Gasteiger partial charge in [-0.1, -0.05) is 6.07 Å². The first-order valence-corrected chi connectivity index (χ1v) is 10.2. The highest BCUT2D eigenvalue weighted by Crippen LogP contribution is 2.27. The molecule has 3 rings (SSSR count). The van der Waals surface area contributed by atoms with Gasteiger partial charge in [0.1, 0.15) is 5.75 Å². The van der Waals surface area contributed by atoms with Crippen LogP contribution in [0.2, 0.25) is 0 Å². The zero-order chi connectivity index (χ0) is 19.1. The van der Waals surface area contributed by atoms with Crippen LogP contribution in [0.5, 0.6) is 5.75 Å². The highest BCUT2D eigenvalue weighted by molar-refractivity contribution is 5.79. The molecule has 2 saturated heterocycles. The maximum Gasteiger partial charge on any atom is 0.193 e. The van der Waals surface area contributed by atoms with Gasteiger partial charge in [-0.2, -0.15) is 0 Å². The number of guanidine groups is 1. The van der Waals surface area contributed by atoms with E-state index in [1.807, 2.05) is 6.07 Å². The summed E-state index contributed by atoms with van der Waals surface area (Å²) in [6.07, 6.45) is 2.34. The van der Waals surface area contributed by atoms with Gasteiger partial charge >= 0.3 is 0 Å². The number of ether oxygens (including phenoxy) is 2. The number of nitrogens with zero attached hydrogens (tertiary/aromatic N) is 3. The Morgan fingerprint density at radius 2 is 2.26 bits per heavy atom. The molecule has 0 radical (unpaired) electrons. The number of nitrogens with one attached hydrogen (secondary N) is 1. The van der Waals surface area contributed by atoms with Crippen molar-refractivity contribution < 1.29 is 9.47 Å². The van der Waals surface area contributed by atoms with Gasteiger partial charge in [-0.15, -0.1) is 0 Å². The number of rotatable bonds is 7. The zero-order valence-corrected chi connectivity index (χ0v) is 17.0. The van der Waals surface area contributed by atoms with Gasteiger partial charge in [0.05, 0.1) is 13.7 Å². The SMILES string of the molecule is CCNC(=NCC1CCN(c2cccc(OC)c2)C1)N(C)CC1CCOC1. The van der Waals surface area contributed by atoms with Gasteiger partial charge in [0, 0.05) is 64.0 Å². The lowest BCUT2D eigenvalue weighted by molar-refractivity contribution is 0.181. The van der Waals surface area contributed by atoms with Gasteiger partial charge in [0.25, 0.3) is 0 Å². The molecule has 1 aromatic carbocycles. The van der Waals surface area contributed by atoms with Crippen LogP contribution in [0.25, 0.3) is 0 Å². The fourth-order valence-corrected chi connectivity index (χ4v) is 3.91. The van der Waals surface area contributed by atoms with Crippen LogP contribution in [0.3, 0.4) is 0 Å². The number of hydrogen-bond donors (Lipinski definition) is 1. The average molecular weight is 375 g/mol. The fourth-order valence-electron chi connectivity index (χ4n) is 3.91. The van der Waals surface area contributed by atoms with E-state index < -0.39 is 0 Å². The van der Waals surface area contributed by atoms with E-state index in [1.54, 1.807) is 7.11 Å². The van der Waals surface area contributed by atoms with Gasteiger partial charge in [-0.05, 0) is 37.8 Å². The molecule has 0 bridgehead atoms. The first-order valence-electron chi connectivity index (χ1n) is 10.2. The summed E-state index contributed by atoms with van der Waals surface area (Å²) in [5.74, 6) is 3.15. The van der Waals surface area contributed by atoms with E-state index in [9.17, 15) is 0 Å². The van der Waals surface area contributed by atoms with Crippen LogP contribution in [0.15, 0.2) is 29.3 Å². The largest absolute Gasteiger partial charge is 0.497 e. The molecule has 2 atom stereocenters. The van der Waals surface area contributed by atoms with Crippen molar-refractivity contribution in [3.63, 3.8) is 0 Å². The van der Waals surface area contributed by atoms with Crippen LogP contribution < -0.4 is 15.0 Å². The standard InChI is InChI=1S/C21H34N4O2/c1-4-22-21(24(2)14-18-9-11-27-16-18)23-13-17-8-10-25(15-17)19-6-5-7-20(12-19)26-3/h5-7,12,17-18H,4,8-11,13-16H2,1-3H3,(H,22,23). The summed E-state index contributed by atoms with van der Waals surface area (Å²) in [5, 5.41) is 3.44. The molecule has 2 aliphatic heterocycles. The quantitative estimate of drug-likeness (QED) is 0.587. The maximum atomic E-state index is 5.51. The molecule has 0 aliphatic carbocycles. The summed E-state index contributed by atoms with van der Waals surface area (Å²) in [7, 11) is 3.86. The van der Waals surface area contributed by atoms with E-state index in [1.165, 1.54) is 12.1 Å². The Morgan fingerprint density at radius 3 is 3.00 bits per heavy atom. The Kier molecular flexibility index (Phi) is 7.21. The van der Waals surface area contributed by atoms with Crippen LogP contribution >= 0.6 is 0 Å². The minimum absolute atomic E-state index is 0.591. The van der Waals surface area contributed by atoms with Crippen molar-refractivity contribution in [1.29, 1.82) is 0 Å². The number of methoxy groups -OCH3 is 1. The van der Waals surface area contributed by atoms with Crippen LogP contribution in [-0.4, -0.2) is 71.0 Å². The van der Waals surface area contributed by atoms with Crippen molar-refractivity contribution in [1.82, 2.24) is 10.2 Å². The predicted octanol–water partition coefficient (Wildman–Crippen LogP) is 2.46. The molecule has 2 fully saturated rings. The van der Waals surface area contributed by atoms with Crippen molar-refractivity contribution in [3.8, 4) is 5.75 Å². The van der Waals surface area contributed by atoms with E-state index in [0.29, 0.717) is 11.8 Å². The van der Waals surface area contributed by atoms with Gasteiger partial charge in [0.15, 0.2) is 5.96 Å². The molecule has 27 heavy (non-hydrogen) atoms. The topological polar surface area (TPSA) is 49.3 Å². The molecule has 0 spiro atoms.